The fourth-order valence-electron chi connectivity index (χ4n) is 3.94. The molecule has 1 aliphatic heterocycles. The Morgan fingerprint density at radius 2 is 2.00 bits per heavy atom. The van der Waals surface area contributed by atoms with E-state index in [4.69, 9.17) is 0 Å². The number of aromatic nitrogens is 1. The van der Waals surface area contributed by atoms with Crippen molar-refractivity contribution in [2.45, 2.75) is 25.7 Å². The Kier molecular flexibility index (Phi) is 4.20. The number of rotatable bonds is 4. The monoisotopic (exact) mass is 389 g/mol. The Morgan fingerprint density at radius 1 is 1.14 bits per heavy atom. The Balaban J connectivity index is 1.26. The van der Waals surface area contributed by atoms with Crippen molar-refractivity contribution in [2.24, 2.45) is 0 Å². The van der Waals surface area contributed by atoms with Gasteiger partial charge >= 0.3 is 0 Å². The highest BCUT2D eigenvalue weighted by Gasteiger charge is 2.24. The number of carbonyl (C=O) groups excluding carboxylic acids is 2. The van der Waals surface area contributed by atoms with Gasteiger partial charge in [-0.3, -0.25) is 14.5 Å². The number of thiazole rings is 1. The summed E-state index contributed by atoms with van der Waals surface area (Å²) in [5.41, 5.74) is 6.59. The topological polar surface area (TPSA) is 62.3 Å². The first-order valence-corrected chi connectivity index (χ1v) is 10.3. The van der Waals surface area contributed by atoms with Crippen LogP contribution in [0.5, 0.6) is 0 Å². The summed E-state index contributed by atoms with van der Waals surface area (Å²) >= 11 is 1.42. The van der Waals surface area contributed by atoms with Gasteiger partial charge in [0, 0.05) is 24.0 Å². The molecule has 1 saturated heterocycles. The highest BCUT2D eigenvalue weighted by Crippen LogP contribution is 2.37. The fourth-order valence-corrected chi connectivity index (χ4v) is 4.81. The van der Waals surface area contributed by atoms with E-state index in [0.29, 0.717) is 17.2 Å². The van der Waals surface area contributed by atoms with Crippen molar-refractivity contribution in [1.82, 2.24) is 4.98 Å². The average Bonchev–Trinajstić information content (AvgIpc) is 3.39. The molecule has 140 valence electrons. The number of fused-ring (bicyclic) bond motifs is 3. The van der Waals surface area contributed by atoms with Crippen LogP contribution >= 0.6 is 11.3 Å². The second kappa shape index (κ2) is 6.87. The molecular weight excluding hydrogens is 370 g/mol. The molecule has 1 aromatic heterocycles. The van der Waals surface area contributed by atoms with Crippen LogP contribution in [0.25, 0.3) is 11.1 Å². The van der Waals surface area contributed by atoms with E-state index in [2.05, 4.69) is 46.7 Å². The molecule has 2 heterocycles. The number of amides is 2. The van der Waals surface area contributed by atoms with Crippen LogP contribution in [0.15, 0.2) is 47.8 Å². The number of carbonyl (C=O) groups is 2. The molecule has 3 aromatic rings. The third kappa shape index (κ3) is 3.10. The maximum atomic E-state index is 12.5. The molecular formula is C22H19N3O2S. The lowest BCUT2D eigenvalue weighted by Crippen LogP contribution is -2.23. The zero-order valence-corrected chi connectivity index (χ0v) is 16.1. The smallest absolute Gasteiger partial charge is 0.230 e. The number of nitrogens with one attached hydrogen (secondary N) is 1. The summed E-state index contributed by atoms with van der Waals surface area (Å²) in [5, 5.41) is 5.54. The summed E-state index contributed by atoms with van der Waals surface area (Å²) < 4.78 is 0. The first-order chi connectivity index (χ1) is 13.7. The minimum absolute atomic E-state index is 0.0972. The summed E-state index contributed by atoms with van der Waals surface area (Å²) in [5.74, 6) is 0.0181. The van der Waals surface area contributed by atoms with Gasteiger partial charge in [0.25, 0.3) is 0 Å². The molecule has 6 heteroatoms. The van der Waals surface area contributed by atoms with Gasteiger partial charge in [0.1, 0.15) is 0 Å². The third-order valence-corrected chi connectivity index (χ3v) is 6.18. The van der Waals surface area contributed by atoms with Crippen LogP contribution in [0.2, 0.25) is 0 Å². The molecule has 2 aromatic carbocycles. The Bertz CT molecular complexity index is 1090. The lowest BCUT2D eigenvalue weighted by atomic mass is 10.1. The van der Waals surface area contributed by atoms with Gasteiger partial charge < -0.3 is 5.32 Å². The van der Waals surface area contributed by atoms with Crippen molar-refractivity contribution in [1.29, 1.82) is 0 Å². The van der Waals surface area contributed by atoms with Crippen molar-refractivity contribution in [3.05, 3.63) is 64.7 Å². The minimum Gasteiger partial charge on any atom is -0.326 e. The number of nitrogens with zero attached hydrogens (tertiary/aromatic N) is 2. The zero-order valence-electron chi connectivity index (χ0n) is 15.3. The summed E-state index contributed by atoms with van der Waals surface area (Å²) in [7, 11) is 0. The number of benzene rings is 2. The van der Waals surface area contributed by atoms with E-state index in [0.717, 1.165) is 25.1 Å². The second-order valence-electron chi connectivity index (χ2n) is 7.20. The van der Waals surface area contributed by atoms with Gasteiger partial charge in [-0.2, -0.15) is 0 Å². The zero-order chi connectivity index (χ0) is 19.1. The molecule has 0 saturated carbocycles. The van der Waals surface area contributed by atoms with E-state index >= 15 is 0 Å². The number of hydrogen-bond donors (Lipinski definition) is 1. The molecule has 1 aliphatic carbocycles. The summed E-state index contributed by atoms with van der Waals surface area (Å²) in [6.07, 6.45) is 2.55. The number of hydrogen-bond acceptors (Lipinski definition) is 4. The van der Waals surface area contributed by atoms with Gasteiger partial charge in [0.2, 0.25) is 11.8 Å². The molecule has 1 N–H and O–H groups in total. The van der Waals surface area contributed by atoms with Crippen LogP contribution in [0.4, 0.5) is 10.8 Å². The van der Waals surface area contributed by atoms with Gasteiger partial charge in [-0.1, -0.05) is 30.3 Å². The first-order valence-electron chi connectivity index (χ1n) is 9.43. The molecule has 2 amide bonds. The van der Waals surface area contributed by atoms with Crippen molar-refractivity contribution in [3.8, 4) is 11.1 Å². The number of anilines is 2. The summed E-state index contributed by atoms with van der Waals surface area (Å²) in [4.78, 5) is 30.5. The van der Waals surface area contributed by atoms with Crippen LogP contribution in [0.1, 0.15) is 29.7 Å². The van der Waals surface area contributed by atoms with E-state index < -0.39 is 0 Å². The molecule has 0 bridgehead atoms. The van der Waals surface area contributed by atoms with Crippen LogP contribution in [-0.2, 0) is 22.4 Å². The molecule has 2 aliphatic rings. The predicted octanol–water partition coefficient (Wildman–Crippen LogP) is 4.02. The van der Waals surface area contributed by atoms with Gasteiger partial charge in [-0.25, -0.2) is 4.98 Å². The van der Waals surface area contributed by atoms with Gasteiger partial charge in [-0.05, 0) is 47.2 Å². The average molecular weight is 389 g/mol. The van der Waals surface area contributed by atoms with E-state index in [1.165, 1.54) is 33.6 Å². The van der Waals surface area contributed by atoms with E-state index in [-0.39, 0.29) is 18.2 Å². The van der Waals surface area contributed by atoms with Gasteiger partial charge in [0.15, 0.2) is 5.13 Å². The lowest BCUT2D eigenvalue weighted by Gasteiger charge is -2.10. The van der Waals surface area contributed by atoms with Crippen LogP contribution in [-0.4, -0.2) is 23.3 Å². The Hall–Kier alpha value is -2.99. The highest BCUT2D eigenvalue weighted by atomic mass is 32.1. The predicted molar refractivity (Wildman–Crippen MR) is 111 cm³/mol. The molecule has 0 unspecified atom stereocenters. The van der Waals surface area contributed by atoms with Crippen molar-refractivity contribution in [2.75, 3.05) is 16.8 Å². The van der Waals surface area contributed by atoms with Gasteiger partial charge in [0.05, 0.1) is 12.1 Å². The second-order valence-corrected chi connectivity index (χ2v) is 8.04. The third-order valence-electron chi connectivity index (χ3n) is 5.26. The van der Waals surface area contributed by atoms with E-state index in [1.807, 2.05) is 11.4 Å². The van der Waals surface area contributed by atoms with Gasteiger partial charge in [-0.15, -0.1) is 11.3 Å². The lowest BCUT2D eigenvalue weighted by molar-refractivity contribution is -0.117. The SMILES string of the molecule is O=C(Cc1csc(N2CCCC2=O)n1)Nc1ccc2c(c1)Cc1ccccc1-2. The van der Waals surface area contributed by atoms with Crippen LogP contribution in [0, 0.1) is 0 Å². The molecule has 28 heavy (non-hydrogen) atoms. The standard InChI is InChI=1S/C22H19N3O2S/c26-20(12-17-13-28-22(24-17)25-9-3-6-21(25)27)23-16-7-8-19-15(11-16)10-14-4-1-2-5-18(14)19/h1-2,4-5,7-8,11,13H,3,6,9-10,12H2,(H,23,26). The summed E-state index contributed by atoms with van der Waals surface area (Å²) in [6.45, 7) is 0.718. The summed E-state index contributed by atoms with van der Waals surface area (Å²) in [6, 6.07) is 14.5. The molecule has 0 atom stereocenters. The molecule has 5 nitrogen and oxygen atoms in total. The molecule has 0 radical (unpaired) electrons. The van der Waals surface area contributed by atoms with E-state index in [1.54, 1.807) is 4.90 Å². The molecule has 1 fully saturated rings. The maximum Gasteiger partial charge on any atom is 0.230 e. The minimum atomic E-state index is -0.0972. The van der Waals surface area contributed by atoms with Crippen molar-refractivity contribution in [3.63, 3.8) is 0 Å². The molecule has 5 rings (SSSR count). The largest absolute Gasteiger partial charge is 0.326 e. The maximum absolute atomic E-state index is 12.5. The quantitative estimate of drug-likeness (QED) is 0.573. The Labute approximate surface area is 167 Å². The Morgan fingerprint density at radius 3 is 2.86 bits per heavy atom. The van der Waals surface area contributed by atoms with E-state index in [9.17, 15) is 9.59 Å². The van der Waals surface area contributed by atoms with Crippen molar-refractivity contribution < 1.29 is 9.59 Å². The van der Waals surface area contributed by atoms with Crippen LogP contribution < -0.4 is 10.2 Å². The fraction of sp³-hybridized carbons (Fsp3) is 0.227. The first kappa shape index (κ1) is 17.1. The van der Waals surface area contributed by atoms with Crippen LogP contribution in [0.3, 0.4) is 0 Å². The molecule has 0 spiro atoms. The normalized spacial score (nSPS) is 14.9. The highest BCUT2D eigenvalue weighted by molar-refractivity contribution is 7.14. The van der Waals surface area contributed by atoms with Crippen molar-refractivity contribution >= 4 is 34.0 Å².